The van der Waals surface area contributed by atoms with E-state index in [1.807, 2.05) is 50.4 Å². The molecule has 2 aromatic carbocycles. The van der Waals surface area contributed by atoms with Crippen LogP contribution in [-0.2, 0) is 0 Å². The second kappa shape index (κ2) is 7.94. The van der Waals surface area contributed by atoms with Gasteiger partial charge in [-0.25, -0.2) is 9.31 Å². The van der Waals surface area contributed by atoms with Gasteiger partial charge in [-0.2, -0.15) is 5.10 Å². The summed E-state index contributed by atoms with van der Waals surface area (Å²) in [6.45, 7) is 3.83. The number of fused-ring (bicyclic) bond motifs is 2. The first-order valence-electron chi connectivity index (χ1n) is 10.5. The summed E-state index contributed by atoms with van der Waals surface area (Å²) in [4.78, 5) is 24.7. The molecule has 7 heteroatoms. The van der Waals surface area contributed by atoms with Crippen molar-refractivity contribution < 1.29 is 14.3 Å². The second-order valence-electron chi connectivity index (χ2n) is 8.01. The Morgan fingerprint density at radius 1 is 1.12 bits per heavy atom. The van der Waals surface area contributed by atoms with Crippen molar-refractivity contribution >= 4 is 28.1 Å². The van der Waals surface area contributed by atoms with Gasteiger partial charge in [-0.15, -0.1) is 0 Å². The first kappa shape index (κ1) is 20.5. The molecule has 2 N–H and O–H groups in total. The molecule has 0 spiro atoms. The normalized spacial score (nSPS) is 12.2. The van der Waals surface area contributed by atoms with E-state index in [2.05, 4.69) is 10.4 Å². The second-order valence-corrected chi connectivity index (χ2v) is 8.01. The monoisotopic (exact) mass is 439 g/mol. The molecule has 7 nitrogen and oxygen atoms in total. The largest absolute Gasteiger partial charge is 0.478 e. The Morgan fingerprint density at radius 2 is 1.91 bits per heavy atom. The number of nitrogens with one attached hydrogen (secondary N) is 1. The lowest BCUT2D eigenvalue weighted by molar-refractivity contribution is 0.0698. The van der Waals surface area contributed by atoms with Crippen LogP contribution < -0.4 is 10.7 Å². The van der Waals surface area contributed by atoms with Crippen molar-refractivity contribution in [2.24, 2.45) is 0 Å². The number of hydrogen-bond donors (Lipinski definition) is 2. The number of carbonyl (C=O) groups is 1. The van der Waals surface area contributed by atoms with Gasteiger partial charge in [0.2, 0.25) is 0 Å². The number of nitrogens with zero attached hydrogens (tertiary/aromatic N) is 2. The van der Waals surface area contributed by atoms with Gasteiger partial charge < -0.3 is 14.8 Å². The van der Waals surface area contributed by atoms with Gasteiger partial charge in [-0.05, 0) is 49.7 Å². The number of pyridine rings is 1. The third kappa shape index (κ3) is 3.63. The minimum Gasteiger partial charge on any atom is -0.478 e. The average molecular weight is 439 g/mol. The fourth-order valence-corrected chi connectivity index (χ4v) is 4.12. The smallest absolute Gasteiger partial charge is 0.337 e. The van der Waals surface area contributed by atoms with Crippen LogP contribution in [0.3, 0.4) is 0 Å². The highest BCUT2D eigenvalue weighted by molar-refractivity contribution is 5.94. The van der Waals surface area contributed by atoms with Crippen LogP contribution in [0.1, 0.15) is 34.5 Å². The van der Waals surface area contributed by atoms with Crippen LogP contribution in [0.25, 0.3) is 27.8 Å². The van der Waals surface area contributed by atoms with Crippen molar-refractivity contribution in [1.82, 2.24) is 9.61 Å². The van der Waals surface area contributed by atoms with Crippen LogP contribution in [0.5, 0.6) is 0 Å². The third-order valence-electron chi connectivity index (χ3n) is 5.69. The summed E-state index contributed by atoms with van der Waals surface area (Å²) >= 11 is 0. The summed E-state index contributed by atoms with van der Waals surface area (Å²) in [5.41, 5.74) is 4.21. The fraction of sp³-hybridized carbons (Fsp3) is 0.115. The molecule has 0 aliphatic heterocycles. The molecule has 0 fully saturated rings. The molecule has 0 aliphatic carbocycles. The first-order valence-corrected chi connectivity index (χ1v) is 10.5. The molecular weight excluding hydrogens is 418 g/mol. The minimum absolute atomic E-state index is 0.149. The molecule has 3 aromatic heterocycles. The van der Waals surface area contributed by atoms with Gasteiger partial charge in [-0.1, -0.05) is 24.3 Å². The summed E-state index contributed by atoms with van der Waals surface area (Å²) in [6, 6.07) is 17.4. The summed E-state index contributed by atoms with van der Waals surface area (Å²) in [7, 11) is 0. The number of anilines is 1. The van der Waals surface area contributed by atoms with Gasteiger partial charge in [0.25, 0.3) is 0 Å². The van der Waals surface area contributed by atoms with E-state index in [1.165, 1.54) is 6.07 Å². The number of hydrogen-bond acceptors (Lipinski definition) is 5. The van der Waals surface area contributed by atoms with Gasteiger partial charge >= 0.3 is 5.97 Å². The number of benzene rings is 2. The number of carboxylic acids is 1. The highest BCUT2D eigenvalue weighted by atomic mass is 16.4. The maximum atomic E-state index is 13.1. The lowest BCUT2D eigenvalue weighted by Crippen LogP contribution is -2.12. The Hall–Kier alpha value is -4.39. The van der Waals surface area contributed by atoms with E-state index in [-0.39, 0.29) is 17.0 Å². The van der Waals surface area contributed by atoms with Crippen molar-refractivity contribution in [3.05, 3.63) is 100.0 Å². The van der Waals surface area contributed by atoms with Crippen LogP contribution in [-0.4, -0.2) is 20.7 Å². The van der Waals surface area contributed by atoms with E-state index in [4.69, 9.17) is 4.42 Å². The summed E-state index contributed by atoms with van der Waals surface area (Å²) in [5.74, 6) is -0.585. The van der Waals surface area contributed by atoms with Crippen LogP contribution >= 0.6 is 0 Å². The van der Waals surface area contributed by atoms with Gasteiger partial charge in [0.1, 0.15) is 11.3 Å². The molecule has 0 aliphatic rings. The molecule has 164 valence electrons. The Balaban J connectivity index is 1.66. The Bertz CT molecular complexity index is 1580. The lowest BCUT2D eigenvalue weighted by Gasteiger charge is -2.19. The molecular formula is C26H21N3O4. The number of para-hydroxylation sites is 1. The zero-order valence-corrected chi connectivity index (χ0v) is 18.1. The fourth-order valence-electron chi connectivity index (χ4n) is 4.12. The Morgan fingerprint density at radius 3 is 2.73 bits per heavy atom. The predicted octanol–water partition coefficient (Wildman–Crippen LogP) is 5.29. The molecule has 0 radical (unpaired) electrons. The summed E-state index contributed by atoms with van der Waals surface area (Å²) in [5, 5.41) is 17.6. The maximum absolute atomic E-state index is 13.1. The predicted molar refractivity (Wildman–Crippen MR) is 127 cm³/mol. The molecule has 0 amide bonds. The minimum atomic E-state index is -1.01. The number of aryl methyl sites for hydroxylation is 1. The van der Waals surface area contributed by atoms with E-state index in [0.29, 0.717) is 22.4 Å². The zero-order chi connectivity index (χ0) is 23.1. The van der Waals surface area contributed by atoms with E-state index >= 15 is 0 Å². The van der Waals surface area contributed by atoms with Crippen molar-refractivity contribution in [3.63, 3.8) is 0 Å². The number of aromatic nitrogens is 2. The molecule has 5 aromatic rings. The van der Waals surface area contributed by atoms with Crippen molar-refractivity contribution in [2.45, 2.75) is 19.9 Å². The summed E-state index contributed by atoms with van der Waals surface area (Å²) < 4.78 is 8.03. The molecule has 0 saturated carbocycles. The SMILES string of the molecule is Cc1cc(C(C)Nc2ccccc2C(=O)O)c2oc(-c3cnn4ccccc34)cc(=O)c2c1. The molecule has 33 heavy (non-hydrogen) atoms. The average Bonchev–Trinajstić information content (AvgIpc) is 3.23. The molecule has 1 atom stereocenters. The summed E-state index contributed by atoms with van der Waals surface area (Å²) in [6.07, 6.45) is 3.51. The molecule has 1 unspecified atom stereocenters. The van der Waals surface area contributed by atoms with Crippen LogP contribution in [0.15, 0.2) is 82.3 Å². The zero-order valence-electron chi connectivity index (χ0n) is 18.1. The Labute approximate surface area is 188 Å². The van der Waals surface area contributed by atoms with E-state index in [0.717, 1.165) is 22.2 Å². The van der Waals surface area contributed by atoms with Gasteiger partial charge in [0, 0.05) is 23.5 Å². The highest BCUT2D eigenvalue weighted by Gasteiger charge is 2.19. The van der Waals surface area contributed by atoms with E-state index < -0.39 is 5.97 Å². The number of carboxylic acid groups (broad SMARTS) is 1. The standard InChI is InChI=1S/C26H21N3O4/c1-15-11-18(16(2)28-21-8-4-3-7-17(21)26(31)32)25-19(12-15)23(30)13-24(33-25)20-14-27-29-10-6-5-9-22(20)29/h3-14,16,28H,1-2H3,(H,31,32). The van der Waals surface area contributed by atoms with E-state index in [1.54, 1.807) is 35.0 Å². The lowest BCUT2D eigenvalue weighted by atomic mass is 10.00. The van der Waals surface area contributed by atoms with Crippen LogP contribution in [0, 0.1) is 6.92 Å². The van der Waals surface area contributed by atoms with Crippen LogP contribution in [0.2, 0.25) is 0 Å². The number of aromatic carboxylic acids is 1. The van der Waals surface area contributed by atoms with Crippen LogP contribution in [0.4, 0.5) is 5.69 Å². The highest BCUT2D eigenvalue weighted by Crippen LogP contribution is 2.32. The third-order valence-corrected chi connectivity index (χ3v) is 5.69. The topological polar surface area (TPSA) is 96.8 Å². The Kier molecular flexibility index (Phi) is 4.94. The van der Waals surface area contributed by atoms with Gasteiger partial charge in [-0.3, -0.25) is 4.79 Å². The first-order chi connectivity index (χ1) is 15.9. The quantitative estimate of drug-likeness (QED) is 0.386. The molecule has 0 bridgehead atoms. The van der Waals surface area contributed by atoms with Crippen molar-refractivity contribution in [2.75, 3.05) is 5.32 Å². The van der Waals surface area contributed by atoms with Crippen molar-refractivity contribution in [3.8, 4) is 11.3 Å². The molecule has 0 saturated heterocycles. The van der Waals surface area contributed by atoms with Gasteiger partial charge in [0.05, 0.1) is 34.3 Å². The molecule has 3 heterocycles. The number of rotatable bonds is 5. The molecule has 5 rings (SSSR count). The van der Waals surface area contributed by atoms with E-state index in [9.17, 15) is 14.7 Å². The van der Waals surface area contributed by atoms with Crippen molar-refractivity contribution in [1.29, 1.82) is 0 Å². The van der Waals surface area contributed by atoms with Gasteiger partial charge in [0.15, 0.2) is 5.43 Å². The maximum Gasteiger partial charge on any atom is 0.337 e.